The molecule has 1 saturated carbocycles. The van der Waals surface area contributed by atoms with Gasteiger partial charge in [0, 0.05) is 6.04 Å². The van der Waals surface area contributed by atoms with Crippen molar-refractivity contribution in [2.45, 2.75) is 64.8 Å². The molecule has 0 radical (unpaired) electrons. The van der Waals surface area contributed by atoms with Crippen molar-refractivity contribution >= 4 is 0 Å². The molecule has 19 heavy (non-hydrogen) atoms. The Labute approximate surface area is 118 Å². The summed E-state index contributed by atoms with van der Waals surface area (Å²) in [6.45, 7) is 4.44. The van der Waals surface area contributed by atoms with Gasteiger partial charge in [0.25, 0.3) is 0 Å². The second-order valence-electron chi connectivity index (χ2n) is 6.29. The van der Waals surface area contributed by atoms with Gasteiger partial charge in [0.15, 0.2) is 0 Å². The molecule has 106 valence electrons. The van der Waals surface area contributed by atoms with Gasteiger partial charge in [0.1, 0.15) is 0 Å². The van der Waals surface area contributed by atoms with E-state index in [0.29, 0.717) is 6.04 Å². The number of benzene rings is 1. The number of hydrogen-bond acceptors (Lipinski definition) is 1. The summed E-state index contributed by atoms with van der Waals surface area (Å²) in [5, 5.41) is 3.55. The van der Waals surface area contributed by atoms with Crippen LogP contribution in [0.4, 0.5) is 0 Å². The third-order valence-electron chi connectivity index (χ3n) is 4.70. The molecule has 1 aliphatic rings. The summed E-state index contributed by atoms with van der Waals surface area (Å²) in [6.07, 6.45) is 9.95. The second kappa shape index (κ2) is 7.09. The molecule has 1 heteroatoms. The van der Waals surface area contributed by atoms with E-state index in [0.717, 1.165) is 5.92 Å². The summed E-state index contributed by atoms with van der Waals surface area (Å²) >= 11 is 0. The molecule has 0 saturated heterocycles. The fraction of sp³-hybridized carbons (Fsp3) is 0.667. The summed E-state index contributed by atoms with van der Waals surface area (Å²) in [6, 6.07) is 7.38. The van der Waals surface area contributed by atoms with Crippen LogP contribution >= 0.6 is 0 Å². The first kappa shape index (κ1) is 14.6. The summed E-state index contributed by atoms with van der Waals surface area (Å²) in [7, 11) is 2.11. The Hall–Kier alpha value is -0.820. The minimum atomic E-state index is 0.531. The second-order valence-corrected chi connectivity index (χ2v) is 6.29. The van der Waals surface area contributed by atoms with Gasteiger partial charge in [-0.1, -0.05) is 62.3 Å². The molecule has 1 aromatic carbocycles. The highest BCUT2D eigenvalue weighted by Gasteiger charge is 2.19. The Morgan fingerprint density at radius 2 is 1.79 bits per heavy atom. The van der Waals surface area contributed by atoms with Gasteiger partial charge >= 0.3 is 0 Å². The van der Waals surface area contributed by atoms with E-state index in [1.54, 1.807) is 0 Å². The van der Waals surface area contributed by atoms with E-state index < -0.39 is 0 Å². The van der Waals surface area contributed by atoms with Gasteiger partial charge in [-0.25, -0.2) is 0 Å². The van der Waals surface area contributed by atoms with Crippen molar-refractivity contribution in [1.29, 1.82) is 0 Å². The van der Waals surface area contributed by atoms with Gasteiger partial charge in [-0.3, -0.25) is 0 Å². The molecule has 0 bridgehead atoms. The lowest BCUT2D eigenvalue weighted by Crippen LogP contribution is -2.21. The minimum Gasteiger partial charge on any atom is -0.313 e. The van der Waals surface area contributed by atoms with Crippen molar-refractivity contribution in [3.63, 3.8) is 0 Å². The Morgan fingerprint density at radius 3 is 2.42 bits per heavy atom. The maximum Gasteiger partial charge on any atom is 0.0322 e. The van der Waals surface area contributed by atoms with Crippen LogP contribution in [-0.4, -0.2) is 7.05 Å². The van der Waals surface area contributed by atoms with Crippen LogP contribution in [0, 0.1) is 19.8 Å². The Morgan fingerprint density at radius 1 is 1.11 bits per heavy atom. The van der Waals surface area contributed by atoms with E-state index in [9.17, 15) is 0 Å². The van der Waals surface area contributed by atoms with Gasteiger partial charge in [-0.15, -0.1) is 0 Å². The zero-order valence-corrected chi connectivity index (χ0v) is 12.8. The third kappa shape index (κ3) is 4.07. The van der Waals surface area contributed by atoms with E-state index in [1.807, 2.05) is 0 Å². The first-order valence-electron chi connectivity index (χ1n) is 7.95. The Kier molecular flexibility index (Phi) is 5.45. The summed E-state index contributed by atoms with van der Waals surface area (Å²) < 4.78 is 0. The van der Waals surface area contributed by atoms with Gasteiger partial charge in [0.2, 0.25) is 0 Å². The van der Waals surface area contributed by atoms with Crippen molar-refractivity contribution in [3.05, 3.63) is 34.9 Å². The normalized spacial score (nSPS) is 19.1. The third-order valence-corrected chi connectivity index (χ3v) is 4.70. The molecule has 0 aliphatic heterocycles. The maximum atomic E-state index is 3.55. The number of rotatable bonds is 4. The molecule has 1 unspecified atom stereocenters. The molecule has 1 nitrogen and oxygen atoms in total. The molecule has 0 amide bonds. The maximum absolute atomic E-state index is 3.55. The molecule has 1 atom stereocenters. The molecule has 1 N–H and O–H groups in total. The summed E-state index contributed by atoms with van der Waals surface area (Å²) in [5.41, 5.74) is 4.31. The average Bonchev–Trinajstić information content (AvgIpc) is 2.67. The lowest BCUT2D eigenvalue weighted by molar-refractivity contribution is 0.367. The molecular formula is C18H29N. The summed E-state index contributed by atoms with van der Waals surface area (Å²) in [5.74, 6) is 0.917. The molecule has 0 aromatic heterocycles. The lowest BCUT2D eigenvalue weighted by atomic mass is 9.87. The van der Waals surface area contributed by atoms with Crippen molar-refractivity contribution < 1.29 is 0 Å². The number of nitrogens with one attached hydrogen (secondary N) is 1. The highest BCUT2D eigenvalue weighted by Crippen LogP contribution is 2.32. The first-order valence-corrected chi connectivity index (χ1v) is 7.95. The lowest BCUT2D eigenvalue weighted by Gasteiger charge is -2.24. The fourth-order valence-electron chi connectivity index (χ4n) is 3.47. The van der Waals surface area contributed by atoms with E-state index in [2.05, 4.69) is 44.4 Å². The molecule has 1 fully saturated rings. The SMILES string of the molecule is CNC(CC1CCCCCC1)c1cc(C)ccc1C. The number of aryl methyl sites for hydroxylation is 2. The van der Waals surface area contributed by atoms with Gasteiger partial charge in [0.05, 0.1) is 0 Å². The minimum absolute atomic E-state index is 0.531. The van der Waals surface area contributed by atoms with Crippen molar-refractivity contribution in [3.8, 4) is 0 Å². The smallest absolute Gasteiger partial charge is 0.0322 e. The van der Waals surface area contributed by atoms with E-state index in [4.69, 9.17) is 0 Å². The quantitative estimate of drug-likeness (QED) is 0.756. The number of hydrogen-bond donors (Lipinski definition) is 1. The highest BCUT2D eigenvalue weighted by molar-refractivity contribution is 5.33. The van der Waals surface area contributed by atoms with Crippen molar-refractivity contribution in [2.75, 3.05) is 7.05 Å². The van der Waals surface area contributed by atoms with E-state index >= 15 is 0 Å². The highest BCUT2D eigenvalue weighted by atomic mass is 14.9. The fourth-order valence-corrected chi connectivity index (χ4v) is 3.47. The molecule has 0 spiro atoms. The van der Waals surface area contributed by atoms with Gasteiger partial charge in [-0.2, -0.15) is 0 Å². The Balaban J connectivity index is 2.08. The first-order chi connectivity index (χ1) is 9.20. The van der Waals surface area contributed by atoms with Crippen LogP contribution in [0.2, 0.25) is 0 Å². The van der Waals surface area contributed by atoms with Gasteiger partial charge in [-0.05, 0) is 44.4 Å². The Bertz CT molecular complexity index is 389. The molecular weight excluding hydrogens is 230 g/mol. The van der Waals surface area contributed by atoms with Crippen LogP contribution < -0.4 is 5.32 Å². The molecule has 1 aliphatic carbocycles. The van der Waals surface area contributed by atoms with Crippen LogP contribution in [0.5, 0.6) is 0 Å². The zero-order chi connectivity index (χ0) is 13.7. The molecule has 0 heterocycles. The van der Waals surface area contributed by atoms with Crippen LogP contribution in [-0.2, 0) is 0 Å². The van der Waals surface area contributed by atoms with E-state index in [1.165, 1.54) is 61.6 Å². The van der Waals surface area contributed by atoms with Crippen molar-refractivity contribution in [1.82, 2.24) is 5.32 Å². The van der Waals surface area contributed by atoms with E-state index in [-0.39, 0.29) is 0 Å². The van der Waals surface area contributed by atoms with Crippen LogP contribution in [0.3, 0.4) is 0 Å². The van der Waals surface area contributed by atoms with Gasteiger partial charge < -0.3 is 5.32 Å². The molecule has 2 rings (SSSR count). The topological polar surface area (TPSA) is 12.0 Å². The summed E-state index contributed by atoms with van der Waals surface area (Å²) in [4.78, 5) is 0. The van der Waals surface area contributed by atoms with Crippen LogP contribution in [0.15, 0.2) is 18.2 Å². The largest absolute Gasteiger partial charge is 0.313 e. The van der Waals surface area contributed by atoms with Crippen LogP contribution in [0.25, 0.3) is 0 Å². The monoisotopic (exact) mass is 259 g/mol. The zero-order valence-electron chi connectivity index (χ0n) is 12.8. The predicted molar refractivity (Wildman–Crippen MR) is 83.5 cm³/mol. The average molecular weight is 259 g/mol. The molecule has 1 aromatic rings. The van der Waals surface area contributed by atoms with Crippen LogP contribution in [0.1, 0.15) is 67.7 Å². The standard InChI is InChI=1S/C18H29N/c1-14-10-11-15(2)17(12-14)18(19-3)13-16-8-6-4-5-7-9-16/h10-12,16,18-19H,4-9,13H2,1-3H3. The predicted octanol–water partition coefficient (Wildman–Crippen LogP) is 4.92. The van der Waals surface area contributed by atoms with Crippen molar-refractivity contribution in [2.24, 2.45) is 5.92 Å².